The third-order valence-electron chi connectivity index (χ3n) is 6.23. The van der Waals surface area contributed by atoms with Crippen molar-refractivity contribution in [1.29, 1.82) is 0 Å². The third-order valence-corrected chi connectivity index (χ3v) is 6.23. The van der Waals surface area contributed by atoms with Crippen molar-refractivity contribution in [3.8, 4) is 22.4 Å². The Balaban J connectivity index is 1.52. The molecule has 0 bridgehead atoms. The first kappa shape index (κ1) is 20.3. The highest BCUT2D eigenvalue weighted by atomic mass is 16.4. The van der Waals surface area contributed by atoms with E-state index in [1.165, 1.54) is 5.56 Å². The number of fused-ring (bicyclic) bond motifs is 1. The molecule has 6 heteroatoms. The van der Waals surface area contributed by atoms with Gasteiger partial charge >= 0.3 is 5.97 Å². The maximum Gasteiger partial charge on any atom is 0.307 e. The number of hydrogen-bond acceptors (Lipinski definition) is 4. The van der Waals surface area contributed by atoms with Gasteiger partial charge in [-0.1, -0.05) is 54.6 Å². The van der Waals surface area contributed by atoms with E-state index < -0.39 is 5.97 Å². The van der Waals surface area contributed by atoms with Crippen molar-refractivity contribution in [3.05, 3.63) is 78.6 Å². The Kier molecular flexibility index (Phi) is 5.37. The number of imidazole rings is 1. The molecule has 2 aromatic heterocycles. The van der Waals surface area contributed by atoms with Crippen LogP contribution in [0.1, 0.15) is 18.5 Å². The highest BCUT2D eigenvalue weighted by Crippen LogP contribution is 2.30. The van der Waals surface area contributed by atoms with Gasteiger partial charge in [0.15, 0.2) is 0 Å². The highest BCUT2D eigenvalue weighted by Gasteiger charge is 2.27. The molecule has 1 aliphatic heterocycles. The van der Waals surface area contributed by atoms with Crippen molar-refractivity contribution in [2.24, 2.45) is 5.92 Å². The van der Waals surface area contributed by atoms with Crippen LogP contribution in [0.2, 0.25) is 0 Å². The minimum Gasteiger partial charge on any atom is -0.481 e. The van der Waals surface area contributed by atoms with Gasteiger partial charge < -0.3 is 15.2 Å². The van der Waals surface area contributed by atoms with Gasteiger partial charge in [0.25, 0.3) is 0 Å². The number of aliphatic carboxylic acids is 1. The lowest BCUT2D eigenvalue weighted by atomic mass is 9.98. The van der Waals surface area contributed by atoms with Gasteiger partial charge in [0.05, 0.1) is 17.3 Å². The lowest BCUT2D eigenvalue weighted by molar-refractivity contribution is -0.143. The molecule has 4 aromatic rings. The van der Waals surface area contributed by atoms with Crippen LogP contribution >= 0.6 is 0 Å². The predicted molar refractivity (Wildman–Crippen MR) is 126 cm³/mol. The zero-order chi connectivity index (χ0) is 22.1. The number of carbonyl (C=O) groups is 1. The number of carboxylic acid groups (broad SMARTS) is 1. The van der Waals surface area contributed by atoms with Gasteiger partial charge in [-0.05, 0) is 42.6 Å². The molecule has 0 spiro atoms. The second kappa shape index (κ2) is 8.48. The number of piperidine rings is 1. The molecule has 3 heterocycles. The fraction of sp³-hybridized carbons (Fsp3) is 0.231. The van der Waals surface area contributed by atoms with Gasteiger partial charge in [0.2, 0.25) is 0 Å². The van der Waals surface area contributed by atoms with E-state index >= 15 is 0 Å². The number of likely N-dealkylation sites (tertiary alicyclic amines) is 1. The summed E-state index contributed by atoms with van der Waals surface area (Å²) >= 11 is 0. The first-order valence-electron chi connectivity index (χ1n) is 11.0. The molecule has 5 rings (SSSR count). The van der Waals surface area contributed by atoms with Crippen LogP contribution in [0.15, 0.2) is 72.9 Å². The van der Waals surface area contributed by atoms with Crippen LogP contribution in [0.5, 0.6) is 0 Å². The molecule has 2 aromatic carbocycles. The quantitative estimate of drug-likeness (QED) is 0.489. The first-order valence-corrected chi connectivity index (χ1v) is 11.0. The molecule has 3 N–H and O–H groups in total. The van der Waals surface area contributed by atoms with Gasteiger partial charge in [-0.25, -0.2) is 4.98 Å². The van der Waals surface area contributed by atoms with Crippen LogP contribution in [0.3, 0.4) is 0 Å². The van der Waals surface area contributed by atoms with Gasteiger partial charge in [-0.2, -0.15) is 0 Å². The van der Waals surface area contributed by atoms with Crippen molar-refractivity contribution in [2.75, 3.05) is 18.8 Å². The lowest BCUT2D eigenvalue weighted by Crippen LogP contribution is -2.38. The summed E-state index contributed by atoms with van der Waals surface area (Å²) in [7, 11) is 0. The van der Waals surface area contributed by atoms with Crippen LogP contribution in [-0.2, 0) is 11.3 Å². The standard InChI is InChI=1S/C26H26N4O2/c27-22-12-13-24-28-25(20-10-8-19(9-11-20)18-5-2-1-3-6-18)23(30(24)16-22)17-29-14-4-7-21(15-29)26(31)32/h1-3,5-6,8-13,16,21H,4,7,14-15,17,27H2,(H,31,32). The second-order valence-electron chi connectivity index (χ2n) is 8.45. The molecule has 0 aliphatic carbocycles. The van der Waals surface area contributed by atoms with E-state index in [9.17, 15) is 9.90 Å². The SMILES string of the molecule is Nc1ccc2nc(-c3ccc(-c4ccccc4)cc3)c(CN3CCCC(C(=O)O)C3)n2c1. The monoisotopic (exact) mass is 426 g/mol. The van der Waals surface area contributed by atoms with E-state index in [1.807, 2.05) is 40.9 Å². The summed E-state index contributed by atoms with van der Waals surface area (Å²) < 4.78 is 2.04. The number of hydrogen-bond donors (Lipinski definition) is 2. The maximum atomic E-state index is 11.5. The number of anilines is 1. The number of carboxylic acids is 1. The van der Waals surface area contributed by atoms with Crippen LogP contribution in [0.25, 0.3) is 28.0 Å². The molecule has 1 aliphatic rings. The van der Waals surface area contributed by atoms with Gasteiger partial charge in [0.1, 0.15) is 5.65 Å². The molecule has 0 saturated carbocycles. The summed E-state index contributed by atoms with van der Waals surface area (Å²) in [6, 6.07) is 22.5. The van der Waals surface area contributed by atoms with Crippen molar-refractivity contribution in [2.45, 2.75) is 19.4 Å². The van der Waals surface area contributed by atoms with Gasteiger partial charge in [0, 0.05) is 30.5 Å². The molecule has 32 heavy (non-hydrogen) atoms. The largest absolute Gasteiger partial charge is 0.481 e. The minimum absolute atomic E-state index is 0.318. The zero-order valence-corrected chi connectivity index (χ0v) is 17.8. The minimum atomic E-state index is -0.714. The Labute approximate surface area is 186 Å². The fourth-order valence-electron chi connectivity index (χ4n) is 4.56. The fourth-order valence-corrected chi connectivity index (χ4v) is 4.56. The zero-order valence-electron chi connectivity index (χ0n) is 17.8. The molecular weight excluding hydrogens is 400 g/mol. The summed E-state index contributed by atoms with van der Waals surface area (Å²) in [6.45, 7) is 2.06. The van der Waals surface area contributed by atoms with Crippen molar-refractivity contribution >= 4 is 17.3 Å². The highest BCUT2D eigenvalue weighted by molar-refractivity contribution is 5.72. The van der Waals surface area contributed by atoms with Gasteiger partial charge in [-0.15, -0.1) is 0 Å². The number of benzene rings is 2. The van der Waals surface area contributed by atoms with Crippen LogP contribution in [0.4, 0.5) is 5.69 Å². The average molecular weight is 427 g/mol. The summed E-state index contributed by atoms with van der Waals surface area (Å²) in [5, 5.41) is 9.48. The molecule has 1 fully saturated rings. The average Bonchev–Trinajstić information content (AvgIpc) is 3.17. The van der Waals surface area contributed by atoms with E-state index in [4.69, 9.17) is 10.7 Å². The Hall–Kier alpha value is -3.64. The Morgan fingerprint density at radius 2 is 1.72 bits per heavy atom. The normalized spacial score (nSPS) is 16.9. The number of rotatable bonds is 5. The maximum absolute atomic E-state index is 11.5. The van der Waals surface area contributed by atoms with Crippen molar-refractivity contribution in [3.63, 3.8) is 0 Å². The Bertz CT molecular complexity index is 1250. The predicted octanol–water partition coefficient (Wildman–Crippen LogP) is 4.55. The molecule has 6 nitrogen and oxygen atoms in total. The summed E-state index contributed by atoms with van der Waals surface area (Å²) in [5.74, 6) is -1.03. The van der Waals surface area contributed by atoms with E-state index in [2.05, 4.69) is 41.3 Å². The Morgan fingerprint density at radius 1 is 1.00 bits per heavy atom. The molecule has 1 saturated heterocycles. The van der Waals surface area contributed by atoms with Crippen molar-refractivity contribution in [1.82, 2.24) is 14.3 Å². The molecule has 1 unspecified atom stereocenters. The molecule has 1 atom stereocenters. The molecular formula is C26H26N4O2. The number of nitrogen functional groups attached to an aromatic ring is 1. The molecule has 162 valence electrons. The van der Waals surface area contributed by atoms with Crippen LogP contribution in [-0.4, -0.2) is 38.4 Å². The smallest absolute Gasteiger partial charge is 0.307 e. The summed E-state index contributed by atoms with van der Waals surface area (Å²) in [6.07, 6.45) is 3.52. The van der Waals surface area contributed by atoms with Crippen LogP contribution in [0, 0.1) is 5.92 Å². The first-order chi connectivity index (χ1) is 15.6. The van der Waals surface area contributed by atoms with E-state index in [1.54, 1.807) is 0 Å². The van der Waals surface area contributed by atoms with E-state index in [0.717, 1.165) is 47.5 Å². The summed E-state index contributed by atoms with van der Waals surface area (Å²) in [5.41, 5.74) is 12.9. The third kappa shape index (κ3) is 3.97. The molecule has 0 radical (unpaired) electrons. The van der Waals surface area contributed by atoms with Crippen LogP contribution < -0.4 is 5.73 Å². The van der Waals surface area contributed by atoms with Gasteiger partial charge in [-0.3, -0.25) is 9.69 Å². The second-order valence-corrected chi connectivity index (χ2v) is 8.45. The lowest BCUT2D eigenvalue weighted by Gasteiger charge is -2.30. The number of nitrogens with two attached hydrogens (primary N) is 1. The number of aromatic nitrogens is 2. The van der Waals surface area contributed by atoms with E-state index in [0.29, 0.717) is 18.8 Å². The molecule has 0 amide bonds. The number of nitrogens with zero attached hydrogens (tertiary/aromatic N) is 3. The van der Waals surface area contributed by atoms with Crippen molar-refractivity contribution < 1.29 is 9.90 Å². The Morgan fingerprint density at radius 3 is 2.47 bits per heavy atom. The number of pyridine rings is 1. The summed E-state index contributed by atoms with van der Waals surface area (Å²) in [4.78, 5) is 18.7. The topological polar surface area (TPSA) is 83.9 Å². The van der Waals surface area contributed by atoms with E-state index in [-0.39, 0.29) is 5.92 Å².